The van der Waals surface area contributed by atoms with E-state index in [1.807, 2.05) is 6.92 Å². The van der Waals surface area contributed by atoms with Gasteiger partial charge in [-0.2, -0.15) is 4.98 Å². The molecule has 0 aliphatic heterocycles. The van der Waals surface area contributed by atoms with Crippen molar-refractivity contribution < 1.29 is 4.92 Å². The van der Waals surface area contributed by atoms with Crippen LogP contribution < -0.4 is 11.1 Å². The summed E-state index contributed by atoms with van der Waals surface area (Å²) < 4.78 is 1.50. The molecule has 0 bridgehead atoms. The van der Waals surface area contributed by atoms with Crippen molar-refractivity contribution >= 4 is 17.7 Å². The standard InChI is InChI=1S/C11H15N7O2/c1-8-7-9(16-10(12)15-8)13-3-2-5-17-6-4-14-11(17)18(19)20/h4,6-7H,2-3,5H2,1H3,(H3,12,13,15,16). The maximum atomic E-state index is 10.7. The highest BCUT2D eigenvalue weighted by Gasteiger charge is 2.12. The topological polar surface area (TPSA) is 125 Å². The van der Waals surface area contributed by atoms with E-state index in [2.05, 4.69) is 20.3 Å². The fraction of sp³-hybridized carbons (Fsp3) is 0.364. The zero-order valence-corrected chi connectivity index (χ0v) is 11.0. The smallest absolute Gasteiger partial charge is 0.390 e. The van der Waals surface area contributed by atoms with E-state index in [-0.39, 0.29) is 11.9 Å². The van der Waals surface area contributed by atoms with Gasteiger partial charge in [0.25, 0.3) is 0 Å². The Balaban J connectivity index is 1.84. The van der Waals surface area contributed by atoms with Crippen LogP contribution in [0.15, 0.2) is 18.5 Å². The predicted molar refractivity (Wildman–Crippen MR) is 73.2 cm³/mol. The van der Waals surface area contributed by atoms with Gasteiger partial charge in [-0.05, 0) is 18.3 Å². The molecule has 0 saturated carbocycles. The van der Waals surface area contributed by atoms with E-state index in [1.165, 1.54) is 10.8 Å². The van der Waals surface area contributed by atoms with Crippen LogP contribution in [-0.2, 0) is 6.54 Å². The van der Waals surface area contributed by atoms with Crippen molar-refractivity contribution in [1.82, 2.24) is 19.5 Å². The zero-order chi connectivity index (χ0) is 14.5. The highest BCUT2D eigenvalue weighted by atomic mass is 16.6. The molecule has 0 amide bonds. The molecule has 0 atom stereocenters. The molecule has 9 nitrogen and oxygen atoms in total. The van der Waals surface area contributed by atoms with Crippen LogP contribution in [0.1, 0.15) is 12.1 Å². The minimum atomic E-state index is -0.498. The first-order valence-electron chi connectivity index (χ1n) is 6.07. The molecule has 0 radical (unpaired) electrons. The third-order valence-electron chi connectivity index (χ3n) is 2.61. The Kier molecular flexibility index (Phi) is 4.08. The van der Waals surface area contributed by atoms with E-state index in [1.54, 1.807) is 12.3 Å². The molecular formula is C11H15N7O2. The van der Waals surface area contributed by atoms with Crippen molar-refractivity contribution in [2.75, 3.05) is 17.6 Å². The summed E-state index contributed by atoms with van der Waals surface area (Å²) in [6.07, 6.45) is 3.70. The van der Waals surface area contributed by atoms with E-state index in [4.69, 9.17) is 5.73 Å². The molecule has 0 spiro atoms. The van der Waals surface area contributed by atoms with Gasteiger partial charge in [-0.25, -0.2) is 9.55 Å². The van der Waals surface area contributed by atoms with Crippen LogP contribution in [0.4, 0.5) is 17.7 Å². The molecule has 2 aromatic rings. The number of hydrogen-bond donors (Lipinski definition) is 2. The van der Waals surface area contributed by atoms with Crippen LogP contribution in [0.5, 0.6) is 0 Å². The van der Waals surface area contributed by atoms with Gasteiger partial charge < -0.3 is 21.2 Å². The van der Waals surface area contributed by atoms with Gasteiger partial charge in [-0.3, -0.25) is 0 Å². The number of nitrogens with zero attached hydrogens (tertiary/aromatic N) is 5. The number of nitrogens with two attached hydrogens (primary N) is 1. The number of nitro groups is 1. The fourth-order valence-electron chi connectivity index (χ4n) is 1.80. The second-order valence-corrected chi connectivity index (χ2v) is 4.21. The van der Waals surface area contributed by atoms with Crippen molar-refractivity contribution in [1.29, 1.82) is 0 Å². The molecule has 2 aromatic heterocycles. The number of anilines is 2. The third kappa shape index (κ3) is 3.40. The Labute approximate surface area is 115 Å². The van der Waals surface area contributed by atoms with Gasteiger partial charge in [-0.1, -0.05) is 4.98 Å². The number of aromatic nitrogens is 4. The Morgan fingerprint density at radius 2 is 2.30 bits per heavy atom. The lowest BCUT2D eigenvalue weighted by Crippen LogP contribution is -2.10. The van der Waals surface area contributed by atoms with Gasteiger partial charge in [0.2, 0.25) is 5.95 Å². The lowest BCUT2D eigenvalue weighted by atomic mass is 10.4. The minimum absolute atomic E-state index is 0.146. The highest BCUT2D eigenvalue weighted by Crippen LogP contribution is 2.09. The average Bonchev–Trinajstić information content (AvgIpc) is 2.82. The molecule has 0 unspecified atom stereocenters. The largest absolute Gasteiger partial charge is 0.434 e. The van der Waals surface area contributed by atoms with Crippen molar-refractivity contribution in [2.45, 2.75) is 19.9 Å². The molecule has 0 aromatic carbocycles. The molecule has 106 valence electrons. The lowest BCUT2D eigenvalue weighted by Gasteiger charge is -2.06. The summed E-state index contributed by atoms with van der Waals surface area (Å²) in [5.41, 5.74) is 6.33. The monoisotopic (exact) mass is 277 g/mol. The van der Waals surface area contributed by atoms with Gasteiger partial charge in [0.15, 0.2) is 0 Å². The van der Waals surface area contributed by atoms with E-state index in [0.717, 1.165) is 5.69 Å². The van der Waals surface area contributed by atoms with Crippen molar-refractivity contribution in [3.8, 4) is 0 Å². The van der Waals surface area contributed by atoms with Crippen molar-refractivity contribution in [3.63, 3.8) is 0 Å². The van der Waals surface area contributed by atoms with E-state index in [9.17, 15) is 10.1 Å². The first kappa shape index (κ1) is 13.7. The Hall–Kier alpha value is -2.71. The number of nitrogen functional groups attached to an aromatic ring is 1. The maximum absolute atomic E-state index is 10.7. The molecule has 0 fully saturated rings. The van der Waals surface area contributed by atoms with Gasteiger partial charge in [-0.15, -0.1) is 0 Å². The average molecular weight is 277 g/mol. The molecule has 3 N–H and O–H groups in total. The Morgan fingerprint density at radius 3 is 3.00 bits per heavy atom. The summed E-state index contributed by atoms with van der Waals surface area (Å²) in [6.45, 7) is 2.95. The lowest BCUT2D eigenvalue weighted by molar-refractivity contribution is -0.396. The summed E-state index contributed by atoms with van der Waals surface area (Å²) in [5, 5.41) is 13.8. The molecule has 20 heavy (non-hydrogen) atoms. The van der Waals surface area contributed by atoms with Crippen molar-refractivity contribution in [2.24, 2.45) is 0 Å². The highest BCUT2D eigenvalue weighted by molar-refractivity contribution is 5.39. The van der Waals surface area contributed by atoms with Crippen molar-refractivity contribution in [3.05, 3.63) is 34.3 Å². The summed E-state index contributed by atoms with van der Waals surface area (Å²) in [7, 11) is 0. The molecule has 0 aliphatic carbocycles. The van der Waals surface area contributed by atoms with Crippen LogP contribution >= 0.6 is 0 Å². The number of rotatable bonds is 6. The fourth-order valence-corrected chi connectivity index (χ4v) is 1.80. The number of nitrogens with one attached hydrogen (secondary N) is 1. The molecule has 2 heterocycles. The first-order valence-corrected chi connectivity index (χ1v) is 6.07. The van der Waals surface area contributed by atoms with Gasteiger partial charge in [0, 0.05) is 18.3 Å². The zero-order valence-electron chi connectivity index (χ0n) is 11.0. The van der Waals surface area contributed by atoms with Crippen LogP contribution in [0.25, 0.3) is 0 Å². The predicted octanol–water partition coefficient (Wildman–Crippen LogP) is 0.974. The second kappa shape index (κ2) is 5.95. The molecule has 9 heteroatoms. The number of aryl methyl sites for hydroxylation is 2. The first-order chi connectivity index (χ1) is 9.56. The maximum Gasteiger partial charge on any atom is 0.434 e. The van der Waals surface area contributed by atoms with Crippen LogP contribution in [0.2, 0.25) is 0 Å². The normalized spacial score (nSPS) is 10.4. The summed E-state index contributed by atoms with van der Waals surface area (Å²) in [6, 6.07) is 1.79. The van der Waals surface area contributed by atoms with Gasteiger partial charge >= 0.3 is 5.95 Å². The van der Waals surface area contributed by atoms with Gasteiger partial charge in [0.05, 0.1) is 6.54 Å². The van der Waals surface area contributed by atoms with E-state index in [0.29, 0.717) is 25.3 Å². The van der Waals surface area contributed by atoms with E-state index < -0.39 is 4.92 Å². The SMILES string of the molecule is Cc1cc(NCCCn2ccnc2[N+](=O)[O-])nc(N)n1. The number of imidazole rings is 1. The quantitative estimate of drug-likeness (QED) is 0.458. The minimum Gasteiger partial charge on any atom is -0.390 e. The number of hydrogen-bond acceptors (Lipinski definition) is 7. The molecule has 0 aliphatic rings. The molecular weight excluding hydrogens is 262 g/mol. The summed E-state index contributed by atoms with van der Waals surface area (Å²) in [4.78, 5) is 21.9. The van der Waals surface area contributed by atoms with Gasteiger partial charge in [0.1, 0.15) is 18.2 Å². The Morgan fingerprint density at radius 1 is 1.50 bits per heavy atom. The summed E-state index contributed by atoms with van der Waals surface area (Å²) >= 11 is 0. The van der Waals surface area contributed by atoms with Crippen LogP contribution in [0, 0.1) is 17.0 Å². The summed E-state index contributed by atoms with van der Waals surface area (Å²) in [5.74, 6) is 0.722. The molecule has 0 saturated heterocycles. The Bertz CT molecular complexity index is 590. The molecule has 2 rings (SSSR count). The van der Waals surface area contributed by atoms with E-state index >= 15 is 0 Å². The van der Waals surface area contributed by atoms with Crippen LogP contribution in [0.3, 0.4) is 0 Å². The second-order valence-electron chi connectivity index (χ2n) is 4.21. The third-order valence-corrected chi connectivity index (χ3v) is 2.61. The van der Waals surface area contributed by atoms with Crippen LogP contribution in [-0.4, -0.2) is 31.0 Å².